The number of hydrogen-bond donors (Lipinski definition) is 0. The molecule has 2 rings (SSSR count). The van der Waals surface area contributed by atoms with E-state index in [2.05, 4.69) is 0 Å². The Morgan fingerprint density at radius 1 is 1.14 bits per heavy atom. The summed E-state index contributed by atoms with van der Waals surface area (Å²) in [6, 6.07) is 2.85. The Hall–Kier alpha value is 0.120. The molecule has 0 saturated carbocycles. The third-order valence-electron chi connectivity index (χ3n) is 2.77. The molecule has 2 unspecified atom stereocenters. The number of nitrogens with zero attached hydrogens (tertiary/aromatic N) is 1. The number of rotatable bonds is 1. The van der Waals surface area contributed by atoms with Gasteiger partial charge in [0.1, 0.15) is 6.10 Å². The fraction of sp³-hybridized carbons (Fsp3) is 0.455. The lowest BCUT2D eigenvalue weighted by Gasteiger charge is -2.37. The second-order valence-corrected chi connectivity index (χ2v) is 9.25. The fourth-order valence-electron chi connectivity index (χ4n) is 1.97. The van der Waals surface area contributed by atoms with Crippen LogP contribution in [0.4, 0.5) is 5.69 Å². The number of benzene rings is 1. The topological polar surface area (TPSA) is 61.6 Å². The highest BCUT2D eigenvalue weighted by Gasteiger charge is 2.50. The van der Waals surface area contributed by atoms with E-state index >= 15 is 0 Å². The monoisotopic (exact) mass is 427 g/mol. The van der Waals surface area contributed by atoms with Crippen molar-refractivity contribution in [2.24, 2.45) is 0 Å². The molecule has 1 aliphatic heterocycles. The highest BCUT2D eigenvalue weighted by Crippen LogP contribution is 2.53. The van der Waals surface area contributed by atoms with Gasteiger partial charge in [0.2, 0.25) is 15.8 Å². The second kappa shape index (κ2) is 6.20. The lowest BCUT2D eigenvalue weighted by atomic mass is 10.0. The highest BCUT2D eigenvalue weighted by atomic mass is 35.6. The smallest absolute Gasteiger partial charge is 0.311 e. The van der Waals surface area contributed by atoms with Crippen LogP contribution in [0.3, 0.4) is 0 Å². The average molecular weight is 430 g/mol. The van der Waals surface area contributed by atoms with E-state index in [1.807, 2.05) is 0 Å². The molecule has 0 radical (unpaired) electrons. The van der Waals surface area contributed by atoms with Crippen LogP contribution in [0.15, 0.2) is 12.1 Å². The van der Waals surface area contributed by atoms with Crippen molar-refractivity contribution in [3.8, 4) is 5.75 Å². The Balaban J connectivity index is 2.66. The zero-order valence-electron chi connectivity index (χ0n) is 10.7. The molecule has 1 aromatic carbocycles. The van der Waals surface area contributed by atoms with Crippen molar-refractivity contribution in [3.63, 3.8) is 0 Å². The Labute approximate surface area is 155 Å². The van der Waals surface area contributed by atoms with E-state index in [1.165, 1.54) is 6.07 Å². The average Bonchev–Trinajstić information content (AvgIpc) is 2.33. The molecule has 5 nitrogen and oxygen atoms in total. The fourth-order valence-corrected chi connectivity index (χ4v) is 2.76. The number of hydrogen-bond acceptors (Lipinski definition) is 4. The zero-order valence-corrected chi connectivity index (χ0v) is 15.2. The zero-order chi connectivity index (χ0) is 16.9. The molecule has 2 atom stereocenters. The van der Waals surface area contributed by atoms with Gasteiger partial charge in [0.05, 0.1) is 4.92 Å². The number of halogens is 6. The standard InChI is InChI=1S/C11H7Cl6NO4/c1-4-2-5-7(6(3-4)18(19)20)21-9(11(15,16)17)22-8(5)10(12,13)14/h2-3,8-9H,1H3. The molecule has 1 heterocycles. The molecular weight excluding hydrogens is 423 g/mol. The third-order valence-corrected chi connectivity index (χ3v) is 3.90. The number of aryl methyl sites for hydroxylation is 1. The van der Waals surface area contributed by atoms with Gasteiger partial charge in [0.25, 0.3) is 3.79 Å². The van der Waals surface area contributed by atoms with Crippen molar-refractivity contribution in [2.45, 2.75) is 26.9 Å². The molecule has 0 bridgehead atoms. The molecular formula is C11H7Cl6NO4. The van der Waals surface area contributed by atoms with Crippen LogP contribution in [0, 0.1) is 17.0 Å². The van der Waals surface area contributed by atoms with E-state index in [4.69, 9.17) is 79.1 Å². The summed E-state index contributed by atoms with van der Waals surface area (Å²) in [7, 11) is 0. The molecule has 11 heteroatoms. The van der Waals surface area contributed by atoms with E-state index in [9.17, 15) is 10.1 Å². The summed E-state index contributed by atoms with van der Waals surface area (Å²) in [5.74, 6) is -0.158. The lowest BCUT2D eigenvalue weighted by Crippen LogP contribution is -2.42. The van der Waals surface area contributed by atoms with Crippen LogP contribution in [-0.2, 0) is 4.74 Å². The summed E-state index contributed by atoms with van der Waals surface area (Å²) in [5, 5.41) is 11.2. The van der Waals surface area contributed by atoms with Crippen molar-refractivity contribution in [3.05, 3.63) is 33.4 Å². The quantitative estimate of drug-likeness (QED) is 0.339. The van der Waals surface area contributed by atoms with Crippen LogP contribution < -0.4 is 4.74 Å². The van der Waals surface area contributed by atoms with Crippen LogP contribution in [0.1, 0.15) is 17.2 Å². The van der Waals surface area contributed by atoms with Gasteiger partial charge in [-0.25, -0.2) is 0 Å². The SMILES string of the molecule is Cc1cc2c(c([N+](=O)[O-])c1)OC(C(Cl)(Cl)Cl)OC2C(Cl)(Cl)Cl. The number of ether oxygens (including phenoxy) is 2. The maximum atomic E-state index is 11.2. The Kier molecular flexibility index (Phi) is 5.21. The maximum absolute atomic E-state index is 11.2. The van der Waals surface area contributed by atoms with Crippen LogP contribution in [0.25, 0.3) is 0 Å². The molecule has 0 aliphatic carbocycles. The van der Waals surface area contributed by atoms with E-state index in [1.54, 1.807) is 13.0 Å². The summed E-state index contributed by atoms with van der Waals surface area (Å²) in [6.07, 6.45) is -2.69. The molecule has 0 saturated heterocycles. The third kappa shape index (κ3) is 3.78. The summed E-state index contributed by atoms with van der Waals surface area (Å²) >= 11 is 34.9. The predicted molar refractivity (Wildman–Crippen MR) is 86.7 cm³/mol. The highest BCUT2D eigenvalue weighted by molar-refractivity contribution is 6.68. The van der Waals surface area contributed by atoms with Gasteiger partial charge in [-0.1, -0.05) is 69.6 Å². The first kappa shape index (κ1) is 18.5. The molecule has 1 aromatic rings. The normalized spacial score (nSPS) is 22.0. The van der Waals surface area contributed by atoms with E-state index < -0.39 is 24.9 Å². The number of nitro groups is 1. The largest absolute Gasteiger partial charge is 0.453 e. The van der Waals surface area contributed by atoms with Gasteiger partial charge in [-0.3, -0.25) is 10.1 Å². The van der Waals surface area contributed by atoms with Crippen molar-refractivity contribution in [2.75, 3.05) is 0 Å². The van der Waals surface area contributed by atoms with Crippen LogP contribution in [0.2, 0.25) is 0 Å². The minimum atomic E-state index is -2.04. The van der Waals surface area contributed by atoms with Gasteiger partial charge in [-0.2, -0.15) is 0 Å². The molecule has 0 aromatic heterocycles. The van der Waals surface area contributed by atoms with Crippen molar-refractivity contribution in [1.82, 2.24) is 0 Å². The molecule has 22 heavy (non-hydrogen) atoms. The second-order valence-electron chi connectivity index (χ2n) is 4.51. The first-order chi connectivity index (χ1) is 9.91. The molecule has 122 valence electrons. The van der Waals surface area contributed by atoms with Gasteiger partial charge in [0, 0.05) is 11.6 Å². The van der Waals surface area contributed by atoms with Crippen molar-refractivity contribution < 1.29 is 14.4 Å². The van der Waals surface area contributed by atoms with Gasteiger partial charge < -0.3 is 9.47 Å². The first-order valence-corrected chi connectivity index (χ1v) is 7.92. The number of alkyl halides is 6. The summed E-state index contributed by atoms with van der Waals surface area (Å²) in [5.41, 5.74) is 0.415. The minimum Gasteiger partial charge on any atom is -0.453 e. The maximum Gasteiger partial charge on any atom is 0.311 e. The number of fused-ring (bicyclic) bond motifs is 1. The van der Waals surface area contributed by atoms with E-state index in [0.717, 1.165) is 0 Å². The Morgan fingerprint density at radius 3 is 2.18 bits per heavy atom. The van der Waals surface area contributed by atoms with Crippen molar-refractivity contribution in [1.29, 1.82) is 0 Å². The predicted octanol–water partition coefficient (Wildman–Crippen LogP) is 5.42. The van der Waals surface area contributed by atoms with Gasteiger partial charge >= 0.3 is 5.69 Å². The Bertz CT molecular complexity index is 612. The number of nitro benzene ring substituents is 1. The summed E-state index contributed by atoms with van der Waals surface area (Å²) < 4.78 is 6.74. The van der Waals surface area contributed by atoms with Gasteiger partial charge in [0.15, 0.2) is 0 Å². The molecule has 0 fully saturated rings. The van der Waals surface area contributed by atoms with Crippen LogP contribution >= 0.6 is 69.6 Å². The lowest BCUT2D eigenvalue weighted by molar-refractivity contribution is -0.387. The van der Waals surface area contributed by atoms with Crippen molar-refractivity contribution >= 4 is 75.3 Å². The van der Waals surface area contributed by atoms with Crippen LogP contribution in [-0.4, -0.2) is 18.8 Å². The van der Waals surface area contributed by atoms with E-state index in [-0.39, 0.29) is 17.0 Å². The minimum absolute atomic E-state index is 0.158. The first-order valence-electron chi connectivity index (χ1n) is 5.65. The van der Waals surface area contributed by atoms with Gasteiger partial charge in [-0.05, 0) is 18.6 Å². The molecule has 1 aliphatic rings. The summed E-state index contributed by atoms with van der Waals surface area (Å²) in [4.78, 5) is 10.6. The van der Waals surface area contributed by atoms with Crippen LogP contribution in [0.5, 0.6) is 5.75 Å². The Morgan fingerprint density at radius 2 is 1.73 bits per heavy atom. The van der Waals surface area contributed by atoms with E-state index in [0.29, 0.717) is 5.56 Å². The molecule has 0 amide bonds. The molecule has 0 N–H and O–H groups in total. The summed E-state index contributed by atoms with van der Waals surface area (Å²) in [6.45, 7) is 1.64. The molecule has 0 spiro atoms. The van der Waals surface area contributed by atoms with Gasteiger partial charge in [-0.15, -0.1) is 0 Å².